The minimum absolute atomic E-state index is 0.0540. The van der Waals surface area contributed by atoms with Crippen molar-refractivity contribution in [2.24, 2.45) is 5.10 Å². The number of hydrogen-bond donors (Lipinski definition) is 0. The predicted molar refractivity (Wildman–Crippen MR) is 56.3 cm³/mol. The summed E-state index contributed by atoms with van der Waals surface area (Å²) in [6, 6.07) is 9.03. The van der Waals surface area contributed by atoms with Gasteiger partial charge in [-0.15, -0.1) is 0 Å². The monoisotopic (exact) mass is 190 g/mol. The maximum absolute atomic E-state index is 11.7. The molecule has 0 saturated heterocycles. The van der Waals surface area contributed by atoms with Crippen LogP contribution in [0.4, 0.5) is 5.69 Å². The average molecular weight is 190 g/mol. The molecule has 0 fully saturated rings. The van der Waals surface area contributed by atoms with Crippen molar-refractivity contribution in [2.45, 2.75) is 19.7 Å². The van der Waals surface area contributed by atoms with Gasteiger partial charge in [-0.05, 0) is 18.5 Å². The third kappa shape index (κ3) is 1.53. The first-order valence-corrected chi connectivity index (χ1v) is 4.44. The van der Waals surface area contributed by atoms with Gasteiger partial charge in [0, 0.05) is 8.45 Å². The summed E-state index contributed by atoms with van der Waals surface area (Å²) in [4.78, 5) is 11.7. The molecule has 0 N–H and O–H groups in total. The lowest BCUT2D eigenvalue weighted by atomic mass is 10.2. The van der Waals surface area contributed by atoms with Crippen molar-refractivity contribution in [1.82, 2.24) is 0 Å². The Morgan fingerprint density at radius 3 is 2.79 bits per heavy atom. The zero-order valence-corrected chi connectivity index (χ0v) is 7.90. The van der Waals surface area contributed by atoms with Gasteiger partial charge in [-0.2, -0.15) is 5.10 Å². The summed E-state index contributed by atoms with van der Waals surface area (Å²) in [6.45, 7) is 1.41. The number of amides is 1. The van der Waals surface area contributed by atoms with Gasteiger partial charge >= 0.3 is 0 Å². The molecule has 0 radical (unpaired) electrons. The van der Waals surface area contributed by atoms with E-state index in [1.807, 2.05) is 18.2 Å². The molecule has 0 aromatic heterocycles. The second-order valence-corrected chi connectivity index (χ2v) is 3.01. The number of carbonyl (C=O) groups is 1. The lowest BCUT2D eigenvalue weighted by molar-refractivity contribution is -0.116. The Balaban J connectivity index is 2.31. The summed E-state index contributed by atoms with van der Waals surface area (Å²) >= 11 is 0. The molecular weight excluding hydrogens is 176 g/mol. The van der Waals surface area contributed by atoms with E-state index in [0.29, 0.717) is 5.69 Å². The van der Waals surface area contributed by atoms with Crippen LogP contribution >= 0.6 is 0 Å². The van der Waals surface area contributed by atoms with Gasteiger partial charge in [0.15, 0.2) is 0 Å². The van der Waals surface area contributed by atoms with E-state index in [4.69, 9.17) is 2.74 Å². The highest BCUT2D eigenvalue weighted by Crippen LogP contribution is 2.20. The Kier molecular flexibility index (Phi) is 1.75. The molecule has 3 nitrogen and oxygen atoms in total. The molecule has 1 heterocycles. The fraction of sp³-hybridized carbons (Fsp3) is 0.273. The third-order valence-corrected chi connectivity index (χ3v) is 2.06. The van der Waals surface area contributed by atoms with Crippen LogP contribution < -0.4 is 5.01 Å². The average Bonchev–Trinajstić information content (AvgIpc) is 2.61. The van der Waals surface area contributed by atoms with Gasteiger partial charge in [0.1, 0.15) is 0 Å². The normalized spacial score (nSPS) is 19.1. The highest BCUT2D eigenvalue weighted by molar-refractivity contribution is 6.12. The maximum atomic E-state index is 11.7. The van der Waals surface area contributed by atoms with Crippen LogP contribution in [0.3, 0.4) is 0 Å². The molecule has 0 unspecified atom stereocenters. The van der Waals surface area contributed by atoms with Gasteiger partial charge < -0.3 is 0 Å². The molecule has 1 aromatic carbocycles. The quantitative estimate of drug-likeness (QED) is 0.703. The first-order chi connectivity index (χ1) is 7.48. The molecule has 3 heteroatoms. The van der Waals surface area contributed by atoms with Crippen molar-refractivity contribution in [1.29, 1.82) is 0 Å². The second kappa shape index (κ2) is 3.62. The molecule has 1 aliphatic rings. The van der Waals surface area contributed by atoms with Crippen LogP contribution in [0.1, 0.15) is 22.5 Å². The molecule has 0 spiro atoms. The van der Waals surface area contributed by atoms with Crippen molar-refractivity contribution < 1.29 is 7.54 Å². The summed E-state index contributed by atoms with van der Waals surface area (Å²) < 4.78 is 15.1. The summed E-state index contributed by atoms with van der Waals surface area (Å²) in [5.41, 5.74) is 0.952. The number of hydrogen-bond acceptors (Lipinski definition) is 2. The lowest BCUT2D eigenvalue weighted by Gasteiger charge is -2.10. The van der Waals surface area contributed by atoms with E-state index in [9.17, 15) is 4.79 Å². The molecule has 1 aromatic rings. The lowest BCUT2D eigenvalue weighted by Crippen LogP contribution is -2.19. The van der Waals surface area contributed by atoms with Crippen molar-refractivity contribution in [3.63, 3.8) is 0 Å². The van der Waals surface area contributed by atoms with Crippen molar-refractivity contribution in [3.05, 3.63) is 30.3 Å². The second-order valence-electron chi connectivity index (χ2n) is 3.01. The fourth-order valence-electron chi connectivity index (χ4n) is 1.34. The highest BCUT2D eigenvalue weighted by Gasteiger charge is 2.23. The maximum Gasteiger partial charge on any atom is 0.253 e. The van der Waals surface area contributed by atoms with Crippen LogP contribution in [-0.2, 0) is 4.79 Å². The number of rotatable bonds is 2. The first kappa shape index (κ1) is 6.76. The summed E-state index contributed by atoms with van der Waals surface area (Å²) in [7, 11) is 0. The van der Waals surface area contributed by atoms with Gasteiger partial charge in [-0.3, -0.25) is 4.79 Å². The Labute approximate surface area is 85.8 Å². The topological polar surface area (TPSA) is 32.7 Å². The van der Waals surface area contributed by atoms with Gasteiger partial charge in [-0.1, -0.05) is 25.1 Å². The van der Waals surface area contributed by atoms with Gasteiger partial charge in [0.05, 0.1) is 12.1 Å². The summed E-state index contributed by atoms with van der Waals surface area (Å²) in [5, 5.41) is 5.30. The van der Waals surface area contributed by atoms with Gasteiger partial charge in [0.25, 0.3) is 5.91 Å². The largest absolute Gasteiger partial charge is 0.272 e. The van der Waals surface area contributed by atoms with Crippen LogP contribution in [-0.4, -0.2) is 11.6 Å². The van der Waals surface area contributed by atoms with E-state index in [-0.39, 0.29) is 18.0 Å². The van der Waals surface area contributed by atoms with Crippen LogP contribution in [0.25, 0.3) is 0 Å². The zero-order chi connectivity index (χ0) is 11.8. The smallest absolute Gasteiger partial charge is 0.253 e. The minimum Gasteiger partial charge on any atom is -0.272 e. The molecule has 14 heavy (non-hydrogen) atoms. The molecule has 0 aliphatic carbocycles. The fourth-order valence-corrected chi connectivity index (χ4v) is 1.34. The number of carbonyl (C=O) groups excluding carboxylic acids is 1. The SMILES string of the molecule is [2H]C([2H])(C)C1=NN(c2ccccc2)C(=O)C1. The highest BCUT2D eigenvalue weighted by atomic mass is 16.2. The standard InChI is InChI=1S/C11H12N2O/c1-2-9-8-11(14)13(12-9)10-6-4-3-5-7-10/h3-7H,2,8H2,1H3/i2D2. The van der Waals surface area contributed by atoms with Gasteiger partial charge in [0.2, 0.25) is 0 Å². The summed E-state index contributed by atoms with van der Waals surface area (Å²) in [6.07, 6.45) is -1.49. The molecule has 1 aliphatic heterocycles. The molecular formula is C11H12N2O. The first-order valence-electron chi connectivity index (χ1n) is 5.44. The molecule has 0 bridgehead atoms. The molecule has 72 valence electrons. The van der Waals surface area contributed by atoms with Crippen LogP contribution in [0, 0.1) is 0 Å². The number of hydrazone groups is 1. The number of benzene rings is 1. The molecule has 0 atom stereocenters. The van der Waals surface area contributed by atoms with E-state index in [1.54, 1.807) is 12.1 Å². The van der Waals surface area contributed by atoms with E-state index in [1.165, 1.54) is 11.9 Å². The predicted octanol–water partition coefficient (Wildman–Crippen LogP) is 2.19. The van der Waals surface area contributed by atoms with Gasteiger partial charge in [-0.25, -0.2) is 5.01 Å². The number of para-hydroxylation sites is 1. The Bertz CT molecular complexity index is 437. The van der Waals surface area contributed by atoms with Crippen LogP contribution in [0.15, 0.2) is 35.4 Å². The van der Waals surface area contributed by atoms with E-state index >= 15 is 0 Å². The van der Waals surface area contributed by atoms with Crippen molar-refractivity contribution in [2.75, 3.05) is 5.01 Å². The van der Waals surface area contributed by atoms with E-state index in [2.05, 4.69) is 5.10 Å². The molecule has 0 saturated carbocycles. The summed E-state index contributed by atoms with van der Waals surface area (Å²) in [5.74, 6) is -0.188. The number of anilines is 1. The van der Waals surface area contributed by atoms with E-state index < -0.39 is 6.37 Å². The molecule has 1 amide bonds. The number of nitrogens with zero attached hydrogens (tertiary/aromatic N) is 2. The Morgan fingerprint density at radius 1 is 1.50 bits per heavy atom. The van der Waals surface area contributed by atoms with Crippen LogP contribution in [0.5, 0.6) is 0 Å². The van der Waals surface area contributed by atoms with E-state index in [0.717, 1.165) is 0 Å². The van der Waals surface area contributed by atoms with Crippen molar-refractivity contribution in [3.8, 4) is 0 Å². The Hall–Kier alpha value is -1.64. The molecule has 2 rings (SSSR count). The van der Waals surface area contributed by atoms with Crippen LogP contribution in [0.2, 0.25) is 0 Å². The zero-order valence-electron chi connectivity index (χ0n) is 9.90. The Morgan fingerprint density at radius 2 is 2.21 bits per heavy atom. The minimum atomic E-state index is -1.54. The van der Waals surface area contributed by atoms with Crippen molar-refractivity contribution >= 4 is 17.3 Å². The third-order valence-electron chi connectivity index (χ3n) is 2.06.